The molecule has 0 aromatic heterocycles. The molecule has 1 unspecified atom stereocenters. The molecule has 0 bridgehead atoms. The molecule has 3 aliphatic rings. The lowest BCUT2D eigenvalue weighted by Crippen LogP contribution is -2.50. The van der Waals surface area contributed by atoms with Crippen molar-refractivity contribution in [3.05, 3.63) is 0 Å². The van der Waals surface area contributed by atoms with Crippen LogP contribution in [0.4, 0.5) is 4.79 Å². The van der Waals surface area contributed by atoms with Gasteiger partial charge in [-0.3, -0.25) is 14.9 Å². The molecule has 2 saturated heterocycles. The zero-order chi connectivity index (χ0) is 15.0. The lowest BCUT2D eigenvalue weighted by Gasteiger charge is -2.30. The Morgan fingerprint density at radius 1 is 1.29 bits per heavy atom. The number of carbonyl (C=O) groups is 3. The van der Waals surface area contributed by atoms with Crippen LogP contribution in [0.5, 0.6) is 0 Å². The summed E-state index contributed by atoms with van der Waals surface area (Å²) < 4.78 is 0. The van der Waals surface area contributed by atoms with Gasteiger partial charge in [0.25, 0.3) is 5.91 Å². The van der Waals surface area contributed by atoms with Crippen molar-refractivity contribution >= 4 is 17.8 Å². The highest BCUT2D eigenvalue weighted by Gasteiger charge is 2.52. The Kier molecular flexibility index (Phi) is 3.61. The fourth-order valence-corrected chi connectivity index (χ4v) is 3.72. The van der Waals surface area contributed by atoms with Gasteiger partial charge in [0.2, 0.25) is 5.91 Å². The molecule has 1 saturated carbocycles. The van der Waals surface area contributed by atoms with Crippen molar-refractivity contribution in [2.24, 2.45) is 17.6 Å². The quantitative estimate of drug-likeness (QED) is 0.601. The number of nitrogens with zero attached hydrogens (tertiary/aromatic N) is 1. The van der Waals surface area contributed by atoms with Crippen LogP contribution in [0.3, 0.4) is 0 Å². The van der Waals surface area contributed by atoms with E-state index >= 15 is 0 Å². The molecule has 1 atom stereocenters. The lowest BCUT2D eigenvalue weighted by molar-refractivity contribution is -0.136. The van der Waals surface area contributed by atoms with Gasteiger partial charge in [-0.1, -0.05) is 0 Å². The fourth-order valence-electron chi connectivity index (χ4n) is 3.72. The number of nitrogens with two attached hydrogens (primary N) is 1. The van der Waals surface area contributed by atoms with Crippen LogP contribution < -0.4 is 16.4 Å². The minimum Gasteiger partial charge on any atom is -0.339 e. The molecule has 7 nitrogen and oxygen atoms in total. The molecule has 2 aliphatic heterocycles. The SMILES string of the molecule is NCC1CCC(C(=O)N2CCC3(C2)NC(=O)NC3=O)CC1. The normalized spacial score (nSPS) is 36.0. The predicted molar refractivity (Wildman–Crippen MR) is 75.1 cm³/mol. The average Bonchev–Trinajstić information content (AvgIpc) is 3.03. The van der Waals surface area contributed by atoms with Crippen LogP contribution in [-0.2, 0) is 9.59 Å². The van der Waals surface area contributed by atoms with Crippen molar-refractivity contribution < 1.29 is 14.4 Å². The van der Waals surface area contributed by atoms with Crippen LogP contribution in [0, 0.1) is 11.8 Å². The molecule has 21 heavy (non-hydrogen) atoms. The van der Waals surface area contributed by atoms with E-state index < -0.39 is 11.6 Å². The standard InChI is InChI=1S/C14H22N4O3/c15-7-9-1-3-10(4-2-9)11(19)18-6-5-14(8-18)12(20)16-13(21)17-14/h9-10H,1-8,15H2,(H2,16,17,20,21). The number of rotatable bonds is 2. The van der Waals surface area contributed by atoms with E-state index in [0.717, 1.165) is 25.7 Å². The van der Waals surface area contributed by atoms with E-state index in [4.69, 9.17) is 5.73 Å². The summed E-state index contributed by atoms with van der Waals surface area (Å²) in [6.45, 7) is 1.52. The van der Waals surface area contributed by atoms with Gasteiger partial charge in [0, 0.05) is 12.5 Å². The number of carbonyl (C=O) groups excluding carboxylic acids is 3. The lowest BCUT2D eigenvalue weighted by atomic mass is 9.81. The van der Waals surface area contributed by atoms with Gasteiger partial charge in [0.15, 0.2) is 0 Å². The summed E-state index contributed by atoms with van der Waals surface area (Å²) in [6.07, 6.45) is 4.26. The van der Waals surface area contributed by atoms with Crippen LogP contribution in [0.1, 0.15) is 32.1 Å². The van der Waals surface area contributed by atoms with Crippen molar-refractivity contribution in [2.45, 2.75) is 37.6 Å². The highest BCUT2D eigenvalue weighted by atomic mass is 16.2. The van der Waals surface area contributed by atoms with Gasteiger partial charge in [-0.05, 0) is 44.6 Å². The van der Waals surface area contributed by atoms with E-state index in [1.54, 1.807) is 4.90 Å². The molecule has 2 heterocycles. The van der Waals surface area contributed by atoms with Crippen molar-refractivity contribution in [2.75, 3.05) is 19.6 Å². The number of nitrogens with one attached hydrogen (secondary N) is 2. The maximum Gasteiger partial charge on any atom is 0.322 e. The van der Waals surface area contributed by atoms with Crippen molar-refractivity contribution in [1.29, 1.82) is 0 Å². The Balaban J connectivity index is 1.60. The highest BCUT2D eigenvalue weighted by molar-refractivity contribution is 6.07. The first-order valence-corrected chi connectivity index (χ1v) is 7.66. The summed E-state index contributed by atoms with van der Waals surface area (Å²) in [6, 6.07) is -0.460. The number of imide groups is 1. The summed E-state index contributed by atoms with van der Waals surface area (Å²) in [4.78, 5) is 37.5. The molecule has 1 aliphatic carbocycles. The molecule has 4 amide bonds. The molecule has 7 heteroatoms. The van der Waals surface area contributed by atoms with E-state index in [0.29, 0.717) is 32.0 Å². The van der Waals surface area contributed by atoms with Crippen LogP contribution in [0.2, 0.25) is 0 Å². The molecule has 3 fully saturated rings. The van der Waals surface area contributed by atoms with Crippen molar-refractivity contribution in [1.82, 2.24) is 15.5 Å². The maximum absolute atomic E-state index is 12.6. The van der Waals surface area contributed by atoms with Gasteiger partial charge in [-0.15, -0.1) is 0 Å². The van der Waals surface area contributed by atoms with Gasteiger partial charge >= 0.3 is 6.03 Å². The first kappa shape index (κ1) is 14.3. The largest absolute Gasteiger partial charge is 0.339 e. The van der Waals surface area contributed by atoms with Crippen molar-refractivity contribution in [3.8, 4) is 0 Å². The van der Waals surface area contributed by atoms with Crippen LogP contribution in [-0.4, -0.2) is 47.9 Å². The highest BCUT2D eigenvalue weighted by Crippen LogP contribution is 2.32. The van der Waals surface area contributed by atoms with E-state index in [-0.39, 0.29) is 17.7 Å². The van der Waals surface area contributed by atoms with Crippen molar-refractivity contribution in [3.63, 3.8) is 0 Å². The average molecular weight is 294 g/mol. The molecule has 0 aromatic carbocycles. The molecule has 1 spiro atoms. The second-order valence-electron chi connectivity index (χ2n) is 6.45. The van der Waals surface area contributed by atoms with Gasteiger partial charge < -0.3 is 16.0 Å². The van der Waals surface area contributed by atoms with Gasteiger partial charge in [-0.2, -0.15) is 0 Å². The second kappa shape index (κ2) is 5.29. The number of likely N-dealkylation sites (tertiary alicyclic amines) is 1. The smallest absolute Gasteiger partial charge is 0.322 e. The minimum atomic E-state index is -0.902. The van der Waals surface area contributed by atoms with Crippen LogP contribution in [0.25, 0.3) is 0 Å². The zero-order valence-electron chi connectivity index (χ0n) is 12.1. The first-order chi connectivity index (χ1) is 10.0. The van der Waals surface area contributed by atoms with Crippen LogP contribution >= 0.6 is 0 Å². The molecule has 0 aromatic rings. The summed E-state index contributed by atoms with van der Waals surface area (Å²) in [5.41, 5.74) is 4.77. The maximum atomic E-state index is 12.6. The third-order valence-electron chi connectivity index (χ3n) is 5.12. The Bertz CT molecular complexity index is 473. The van der Waals surface area contributed by atoms with E-state index in [9.17, 15) is 14.4 Å². The molecule has 0 radical (unpaired) electrons. The van der Waals surface area contributed by atoms with Gasteiger partial charge in [-0.25, -0.2) is 4.79 Å². The molecule has 4 N–H and O–H groups in total. The van der Waals surface area contributed by atoms with E-state index in [1.807, 2.05) is 0 Å². The molecular formula is C14H22N4O3. The molecule has 116 valence electrons. The third-order valence-corrected chi connectivity index (χ3v) is 5.12. The summed E-state index contributed by atoms with van der Waals surface area (Å²) in [5, 5.41) is 4.93. The number of amides is 4. The zero-order valence-corrected chi connectivity index (χ0v) is 12.1. The molecular weight excluding hydrogens is 272 g/mol. The summed E-state index contributed by atoms with van der Waals surface area (Å²) in [5.74, 6) is 0.396. The van der Waals surface area contributed by atoms with E-state index in [2.05, 4.69) is 10.6 Å². The Hall–Kier alpha value is -1.63. The summed E-state index contributed by atoms with van der Waals surface area (Å²) in [7, 11) is 0. The summed E-state index contributed by atoms with van der Waals surface area (Å²) >= 11 is 0. The Morgan fingerprint density at radius 3 is 2.57 bits per heavy atom. The molecule has 3 rings (SSSR count). The number of urea groups is 1. The third kappa shape index (κ3) is 2.50. The number of hydrogen-bond acceptors (Lipinski definition) is 4. The Morgan fingerprint density at radius 2 is 2.00 bits per heavy atom. The Labute approximate surface area is 123 Å². The minimum absolute atomic E-state index is 0.0446. The number of hydrogen-bond donors (Lipinski definition) is 3. The van der Waals surface area contributed by atoms with Gasteiger partial charge in [0.1, 0.15) is 5.54 Å². The van der Waals surface area contributed by atoms with E-state index in [1.165, 1.54) is 0 Å². The fraction of sp³-hybridized carbons (Fsp3) is 0.786. The predicted octanol–water partition coefficient (Wildman–Crippen LogP) is -0.438. The monoisotopic (exact) mass is 294 g/mol. The second-order valence-corrected chi connectivity index (χ2v) is 6.45. The van der Waals surface area contributed by atoms with Crippen LogP contribution in [0.15, 0.2) is 0 Å². The topological polar surface area (TPSA) is 105 Å². The van der Waals surface area contributed by atoms with Gasteiger partial charge in [0.05, 0.1) is 6.54 Å². The first-order valence-electron chi connectivity index (χ1n) is 7.66.